The van der Waals surface area contributed by atoms with Gasteiger partial charge < -0.3 is 5.32 Å². The summed E-state index contributed by atoms with van der Waals surface area (Å²) < 4.78 is 0. The molecule has 1 aliphatic rings. The van der Waals surface area contributed by atoms with Crippen molar-refractivity contribution in [1.29, 1.82) is 0 Å². The molecule has 1 aromatic heterocycles. The highest BCUT2D eigenvalue weighted by Crippen LogP contribution is 2.32. The van der Waals surface area contributed by atoms with Gasteiger partial charge in [-0.15, -0.1) is 11.3 Å². The number of hydrogen-bond donors (Lipinski definition) is 1. The molecule has 5 heteroatoms. The van der Waals surface area contributed by atoms with E-state index < -0.39 is 0 Å². The Balaban J connectivity index is 1.96. The van der Waals surface area contributed by atoms with E-state index in [4.69, 9.17) is 4.98 Å². The third kappa shape index (κ3) is 3.76. The van der Waals surface area contributed by atoms with Crippen LogP contribution in [-0.4, -0.2) is 35.4 Å². The average molecular weight is 281 g/mol. The Bertz CT molecular complexity index is 462. The van der Waals surface area contributed by atoms with E-state index in [2.05, 4.69) is 31.0 Å². The van der Waals surface area contributed by atoms with E-state index in [1.54, 1.807) is 6.92 Å². The summed E-state index contributed by atoms with van der Waals surface area (Å²) in [6.45, 7) is 11.9. The van der Waals surface area contributed by atoms with Crippen molar-refractivity contribution in [2.45, 2.75) is 46.1 Å². The first-order valence-electron chi connectivity index (χ1n) is 6.82. The summed E-state index contributed by atoms with van der Waals surface area (Å²) in [6.07, 6.45) is 1.03. The van der Waals surface area contributed by atoms with Gasteiger partial charge in [0.15, 0.2) is 0 Å². The zero-order valence-corrected chi connectivity index (χ0v) is 13.1. The largest absolute Gasteiger partial charge is 0.355 e. The summed E-state index contributed by atoms with van der Waals surface area (Å²) in [7, 11) is 0. The van der Waals surface area contributed by atoms with Crippen molar-refractivity contribution >= 4 is 17.2 Å². The summed E-state index contributed by atoms with van der Waals surface area (Å²) in [6, 6.07) is 0. The molecule has 1 amide bonds. The van der Waals surface area contributed by atoms with E-state index in [1.807, 2.05) is 11.3 Å². The maximum Gasteiger partial charge on any atom is 0.216 e. The predicted molar refractivity (Wildman–Crippen MR) is 78.5 cm³/mol. The standard InChI is InChI=1S/C14H23N3OS/c1-10(18)15-6-8-17-7-5-11-12(9-17)19-13(16-11)14(2,3)4/h5-9H2,1-4H3,(H,15,18). The Morgan fingerprint density at radius 3 is 2.84 bits per heavy atom. The van der Waals surface area contributed by atoms with E-state index in [1.165, 1.54) is 15.6 Å². The number of aromatic nitrogens is 1. The first-order valence-corrected chi connectivity index (χ1v) is 7.64. The van der Waals surface area contributed by atoms with Crippen LogP contribution in [0.4, 0.5) is 0 Å². The van der Waals surface area contributed by atoms with Crippen LogP contribution in [0.25, 0.3) is 0 Å². The molecular weight excluding hydrogens is 258 g/mol. The lowest BCUT2D eigenvalue weighted by molar-refractivity contribution is -0.119. The highest BCUT2D eigenvalue weighted by molar-refractivity contribution is 7.11. The second-order valence-electron chi connectivity index (χ2n) is 6.15. The molecule has 0 atom stereocenters. The van der Waals surface area contributed by atoms with Gasteiger partial charge in [-0.1, -0.05) is 20.8 Å². The number of nitrogens with one attached hydrogen (secondary N) is 1. The van der Waals surface area contributed by atoms with Gasteiger partial charge in [-0.05, 0) is 0 Å². The fourth-order valence-corrected chi connectivity index (χ4v) is 3.36. The lowest BCUT2D eigenvalue weighted by atomic mass is 9.98. The monoisotopic (exact) mass is 281 g/mol. The van der Waals surface area contributed by atoms with Crippen LogP contribution in [0.2, 0.25) is 0 Å². The molecule has 1 aliphatic heterocycles. The number of carbonyl (C=O) groups excluding carboxylic acids is 1. The van der Waals surface area contributed by atoms with E-state index >= 15 is 0 Å². The van der Waals surface area contributed by atoms with E-state index in [-0.39, 0.29) is 11.3 Å². The van der Waals surface area contributed by atoms with Gasteiger partial charge in [0.2, 0.25) is 5.91 Å². The highest BCUT2D eigenvalue weighted by Gasteiger charge is 2.25. The maximum absolute atomic E-state index is 10.9. The molecule has 0 radical (unpaired) electrons. The Morgan fingerprint density at radius 2 is 2.21 bits per heavy atom. The molecular formula is C14H23N3OS. The average Bonchev–Trinajstić information content (AvgIpc) is 2.71. The summed E-state index contributed by atoms with van der Waals surface area (Å²) >= 11 is 1.85. The van der Waals surface area contributed by atoms with Crippen LogP contribution >= 0.6 is 11.3 Å². The molecule has 0 unspecified atom stereocenters. The maximum atomic E-state index is 10.9. The minimum absolute atomic E-state index is 0.0468. The lowest BCUT2D eigenvalue weighted by Crippen LogP contribution is -2.36. The van der Waals surface area contributed by atoms with Crippen LogP contribution in [0, 0.1) is 0 Å². The van der Waals surface area contributed by atoms with Crippen LogP contribution in [0.5, 0.6) is 0 Å². The molecule has 0 spiro atoms. The van der Waals surface area contributed by atoms with Crippen molar-refractivity contribution in [2.24, 2.45) is 0 Å². The van der Waals surface area contributed by atoms with Gasteiger partial charge >= 0.3 is 0 Å². The van der Waals surface area contributed by atoms with Gasteiger partial charge in [0.25, 0.3) is 0 Å². The van der Waals surface area contributed by atoms with Crippen LogP contribution in [0.15, 0.2) is 0 Å². The van der Waals surface area contributed by atoms with Crippen LogP contribution in [0.1, 0.15) is 43.3 Å². The number of nitrogens with zero attached hydrogens (tertiary/aromatic N) is 2. The van der Waals surface area contributed by atoms with Gasteiger partial charge in [0, 0.05) is 49.8 Å². The number of carbonyl (C=O) groups is 1. The molecule has 106 valence electrons. The quantitative estimate of drug-likeness (QED) is 0.921. The Morgan fingerprint density at radius 1 is 1.47 bits per heavy atom. The molecule has 0 aromatic carbocycles. The zero-order chi connectivity index (χ0) is 14.0. The molecule has 0 saturated heterocycles. The first kappa shape index (κ1) is 14.5. The summed E-state index contributed by atoms with van der Waals surface area (Å²) in [5.41, 5.74) is 1.42. The number of hydrogen-bond acceptors (Lipinski definition) is 4. The minimum atomic E-state index is 0.0468. The summed E-state index contributed by atoms with van der Waals surface area (Å²) in [5, 5.41) is 4.09. The van der Waals surface area contributed by atoms with Crippen molar-refractivity contribution in [1.82, 2.24) is 15.2 Å². The second kappa shape index (κ2) is 5.59. The Kier molecular flexibility index (Phi) is 4.26. The fraction of sp³-hybridized carbons (Fsp3) is 0.714. The topological polar surface area (TPSA) is 45.2 Å². The van der Waals surface area contributed by atoms with Crippen molar-refractivity contribution in [3.63, 3.8) is 0 Å². The molecule has 0 bridgehead atoms. The molecule has 4 nitrogen and oxygen atoms in total. The molecule has 0 saturated carbocycles. The van der Waals surface area contributed by atoms with Crippen molar-refractivity contribution in [3.05, 3.63) is 15.6 Å². The van der Waals surface area contributed by atoms with Gasteiger partial charge in [0.1, 0.15) is 0 Å². The van der Waals surface area contributed by atoms with Gasteiger partial charge in [-0.25, -0.2) is 4.98 Å². The molecule has 2 heterocycles. The molecule has 0 aliphatic carbocycles. The smallest absolute Gasteiger partial charge is 0.216 e. The van der Waals surface area contributed by atoms with E-state index in [0.29, 0.717) is 0 Å². The highest BCUT2D eigenvalue weighted by atomic mass is 32.1. The van der Waals surface area contributed by atoms with E-state index in [9.17, 15) is 4.79 Å². The minimum Gasteiger partial charge on any atom is -0.355 e. The summed E-state index contributed by atoms with van der Waals surface area (Å²) in [4.78, 5) is 19.4. The lowest BCUT2D eigenvalue weighted by Gasteiger charge is -2.25. The SMILES string of the molecule is CC(=O)NCCN1CCc2nc(C(C)(C)C)sc2C1. The number of amides is 1. The van der Waals surface area contributed by atoms with E-state index in [0.717, 1.165) is 32.6 Å². The number of fused-ring (bicyclic) bond motifs is 1. The van der Waals surface area contributed by atoms with Crippen LogP contribution < -0.4 is 5.32 Å². The number of rotatable bonds is 3. The molecule has 1 aromatic rings. The molecule has 0 fully saturated rings. The molecule has 19 heavy (non-hydrogen) atoms. The third-order valence-electron chi connectivity index (χ3n) is 3.25. The second-order valence-corrected chi connectivity index (χ2v) is 7.23. The fourth-order valence-electron chi connectivity index (χ4n) is 2.15. The van der Waals surface area contributed by atoms with Crippen LogP contribution in [-0.2, 0) is 23.2 Å². The zero-order valence-electron chi connectivity index (χ0n) is 12.2. The Hall–Kier alpha value is -0.940. The van der Waals surface area contributed by atoms with Crippen molar-refractivity contribution < 1.29 is 4.79 Å². The van der Waals surface area contributed by atoms with Crippen LogP contribution in [0.3, 0.4) is 0 Å². The van der Waals surface area contributed by atoms with Gasteiger partial charge in [0.05, 0.1) is 10.7 Å². The number of thiazole rings is 1. The predicted octanol–water partition coefficient (Wildman–Crippen LogP) is 1.93. The molecule has 2 rings (SSSR count). The summed E-state index contributed by atoms with van der Waals surface area (Å²) in [5.74, 6) is 0.0468. The van der Waals surface area contributed by atoms with Crippen molar-refractivity contribution in [3.8, 4) is 0 Å². The van der Waals surface area contributed by atoms with Crippen molar-refractivity contribution in [2.75, 3.05) is 19.6 Å². The normalized spacial score (nSPS) is 16.2. The Labute approximate surface area is 119 Å². The molecule has 1 N–H and O–H groups in total. The van der Waals surface area contributed by atoms with Gasteiger partial charge in [-0.2, -0.15) is 0 Å². The first-order chi connectivity index (χ1) is 8.86. The van der Waals surface area contributed by atoms with Gasteiger partial charge in [-0.3, -0.25) is 9.69 Å². The third-order valence-corrected chi connectivity index (χ3v) is 4.76.